The molecule has 9 heavy (non-hydrogen) atoms. The zero-order valence-corrected chi connectivity index (χ0v) is 5.75. The van der Waals surface area contributed by atoms with Crippen LogP contribution in [0, 0.1) is 0 Å². The Morgan fingerprint density at radius 3 is 3.22 bits per heavy atom. The lowest BCUT2D eigenvalue weighted by molar-refractivity contribution is 0.695. The van der Waals surface area contributed by atoms with Gasteiger partial charge < -0.3 is 4.31 Å². The van der Waals surface area contributed by atoms with Gasteiger partial charge in [-0.05, 0) is 0 Å². The van der Waals surface area contributed by atoms with E-state index in [-0.39, 0.29) is 0 Å². The van der Waals surface area contributed by atoms with Crippen molar-refractivity contribution in [2.45, 2.75) is 6.54 Å². The molecule has 1 aromatic rings. The number of rotatable bonds is 0. The number of hydrogen-bond donors (Lipinski definition) is 1. The van der Waals surface area contributed by atoms with E-state index in [1.807, 2.05) is 15.1 Å². The van der Waals surface area contributed by atoms with Crippen molar-refractivity contribution >= 4 is 18.6 Å². The minimum absolute atomic E-state index is 0.964. The van der Waals surface area contributed by atoms with Crippen molar-refractivity contribution in [2.24, 2.45) is 0 Å². The second-order valence-electron chi connectivity index (χ2n) is 2.04. The molecule has 0 radical (unpaired) electrons. The highest BCUT2D eigenvalue weighted by Crippen LogP contribution is 2.20. The molecule has 0 atom stereocenters. The molecule has 0 amide bonds. The van der Waals surface area contributed by atoms with E-state index in [0.717, 1.165) is 18.9 Å². The standard InChI is InChI=1S/C5H7N3S/c9-8-4-3-7-5(8)1-2-6-7/h1-2,9H,3-4H2. The van der Waals surface area contributed by atoms with Crippen LogP contribution in [0.15, 0.2) is 12.3 Å². The van der Waals surface area contributed by atoms with Gasteiger partial charge in [0.15, 0.2) is 0 Å². The highest BCUT2D eigenvalue weighted by Gasteiger charge is 2.14. The maximum absolute atomic E-state index is 4.21. The molecular formula is C5H7N3S. The Balaban J connectivity index is 2.49. The number of hydrogen-bond acceptors (Lipinski definition) is 3. The van der Waals surface area contributed by atoms with E-state index < -0.39 is 0 Å². The summed E-state index contributed by atoms with van der Waals surface area (Å²) < 4.78 is 3.83. The van der Waals surface area contributed by atoms with E-state index in [4.69, 9.17) is 0 Å². The lowest BCUT2D eigenvalue weighted by Gasteiger charge is -2.03. The summed E-state index contributed by atoms with van der Waals surface area (Å²) in [4.78, 5) is 0. The van der Waals surface area contributed by atoms with E-state index in [1.54, 1.807) is 6.20 Å². The molecular weight excluding hydrogens is 134 g/mol. The third-order valence-electron chi connectivity index (χ3n) is 1.48. The van der Waals surface area contributed by atoms with Gasteiger partial charge in [0.1, 0.15) is 5.82 Å². The molecule has 1 aliphatic rings. The van der Waals surface area contributed by atoms with Gasteiger partial charge >= 0.3 is 0 Å². The molecule has 48 valence electrons. The number of nitrogens with zero attached hydrogens (tertiary/aromatic N) is 3. The van der Waals surface area contributed by atoms with Gasteiger partial charge in [-0.2, -0.15) is 5.10 Å². The summed E-state index contributed by atoms with van der Waals surface area (Å²) in [5.74, 6) is 1.10. The first-order valence-electron chi connectivity index (χ1n) is 2.86. The predicted molar refractivity (Wildman–Crippen MR) is 38.6 cm³/mol. The van der Waals surface area contributed by atoms with Crippen LogP contribution in [-0.2, 0) is 6.54 Å². The summed E-state index contributed by atoms with van der Waals surface area (Å²) in [6, 6.07) is 1.96. The van der Waals surface area contributed by atoms with Gasteiger partial charge in [-0.3, -0.25) is 0 Å². The Morgan fingerprint density at radius 1 is 1.56 bits per heavy atom. The minimum atomic E-state index is 0.964. The van der Waals surface area contributed by atoms with E-state index in [2.05, 4.69) is 17.9 Å². The molecule has 0 saturated carbocycles. The molecule has 3 nitrogen and oxygen atoms in total. The molecule has 4 heteroatoms. The second-order valence-corrected chi connectivity index (χ2v) is 2.52. The maximum Gasteiger partial charge on any atom is 0.136 e. The van der Waals surface area contributed by atoms with Gasteiger partial charge in [0, 0.05) is 6.07 Å². The molecule has 0 N–H and O–H groups in total. The van der Waals surface area contributed by atoms with Crippen LogP contribution in [-0.4, -0.2) is 16.3 Å². The van der Waals surface area contributed by atoms with Crippen molar-refractivity contribution in [3.63, 3.8) is 0 Å². The van der Waals surface area contributed by atoms with Crippen LogP contribution in [0.4, 0.5) is 5.82 Å². The molecule has 1 aromatic heterocycles. The molecule has 0 aromatic carbocycles. The summed E-state index contributed by atoms with van der Waals surface area (Å²) >= 11 is 4.21. The van der Waals surface area contributed by atoms with Gasteiger partial charge in [-0.25, -0.2) is 4.68 Å². The highest BCUT2D eigenvalue weighted by atomic mass is 32.1. The van der Waals surface area contributed by atoms with Crippen LogP contribution < -0.4 is 4.31 Å². The smallest absolute Gasteiger partial charge is 0.136 e. The fourth-order valence-electron chi connectivity index (χ4n) is 1.02. The van der Waals surface area contributed by atoms with Gasteiger partial charge in [-0.15, -0.1) is 0 Å². The molecule has 0 fully saturated rings. The van der Waals surface area contributed by atoms with Crippen LogP contribution in [0.5, 0.6) is 0 Å². The van der Waals surface area contributed by atoms with Crippen LogP contribution in [0.1, 0.15) is 0 Å². The van der Waals surface area contributed by atoms with Gasteiger partial charge in [0.2, 0.25) is 0 Å². The summed E-state index contributed by atoms with van der Waals surface area (Å²) in [5.41, 5.74) is 0. The van der Waals surface area contributed by atoms with E-state index in [0.29, 0.717) is 0 Å². The third-order valence-corrected chi connectivity index (χ3v) is 1.89. The molecule has 0 spiro atoms. The fraction of sp³-hybridized carbons (Fsp3) is 0.400. The van der Waals surface area contributed by atoms with Gasteiger partial charge in [0.05, 0.1) is 19.3 Å². The Morgan fingerprint density at radius 2 is 2.44 bits per heavy atom. The zero-order chi connectivity index (χ0) is 6.27. The molecule has 2 heterocycles. The van der Waals surface area contributed by atoms with Crippen molar-refractivity contribution in [2.75, 3.05) is 10.8 Å². The van der Waals surface area contributed by atoms with Crippen LogP contribution >= 0.6 is 12.8 Å². The zero-order valence-electron chi connectivity index (χ0n) is 4.86. The lowest BCUT2D eigenvalue weighted by atomic mass is 10.6. The Labute approximate surface area is 58.8 Å². The summed E-state index contributed by atoms with van der Waals surface area (Å²) in [7, 11) is 0. The van der Waals surface area contributed by atoms with Crippen molar-refractivity contribution < 1.29 is 0 Å². The summed E-state index contributed by atoms with van der Waals surface area (Å²) in [6.07, 6.45) is 1.79. The molecule has 0 aliphatic carbocycles. The minimum Gasteiger partial charge on any atom is -0.302 e. The Bertz CT molecular complexity index is 220. The van der Waals surface area contributed by atoms with E-state index in [9.17, 15) is 0 Å². The average molecular weight is 141 g/mol. The first kappa shape index (κ1) is 5.17. The molecule has 0 saturated heterocycles. The Hall–Kier alpha value is -0.640. The van der Waals surface area contributed by atoms with Gasteiger partial charge in [0.25, 0.3) is 0 Å². The second kappa shape index (κ2) is 1.67. The highest BCUT2D eigenvalue weighted by molar-refractivity contribution is 7.81. The van der Waals surface area contributed by atoms with Crippen LogP contribution in [0.2, 0.25) is 0 Å². The summed E-state index contributed by atoms with van der Waals surface area (Å²) in [5, 5.41) is 4.07. The number of aromatic nitrogens is 2. The van der Waals surface area contributed by atoms with Crippen molar-refractivity contribution in [1.29, 1.82) is 0 Å². The summed E-state index contributed by atoms with van der Waals surface area (Å²) in [6.45, 7) is 1.93. The first-order valence-corrected chi connectivity index (χ1v) is 3.26. The SMILES string of the molecule is SN1CCn2nccc21. The van der Waals surface area contributed by atoms with E-state index in [1.165, 1.54) is 0 Å². The first-order chi connectivity index (χ1) is 4.38. The molecule has 0 bridgehead atoms. The van der Waals surface area contributed by atoms with Crippen molar-refractivity contribution in [3.8, 4) is 0 Å². The monoisotopic (exact) mass is 141 g/mol. The van der Waals surface area contributed by atoms with Crippen LogP contribution in [0.25, 0.3) is 0 Å². The number of fused-ring (bicyclic) bond motifs is 1. The van der Waals surface area contributed by atoms with Gasteiger partial charge in [-0.1, -0.05) is 12.8 Å². The van der Waals surface area contributed by atoms with Crippen molar-refractivity contribution in [1.82, 2.24) is 9.78 Å². The molecule has 1 aliphatic heterocycles. The van der Waals surface area contributed by atoms with Crippen molar-refractivity contribution in [3.05, 3.63) is 12.3 Å². The van der Waals surface area contributed by atoms with E-state index >= 15 is 0 Å². The predicted octanol–water partition coefficient (Wildman–Crippen LogP) is 0.548. The third kappa shape index (κ3) is 0.627. The molecule has 2 rings (SSSR count). The average Bonchev–Trinajstić information content (AvgIpc) is 2.35. The number of anilines is 1. The normalized spacial score (nSPS) is 16.3. The quantitative estimate of drug-likeness (QED) is 0.533. The number of thiol groups is 1. The van der Waals surface area contributed by atoms with Crippen LogP contribution in [0.3, 0.4) is 0 Å². The maximum atomic E-state index is 4.21. The topological polar surface area (TPSA) is 21.1 Å². The molecule has 0 unspecified atom stereocenters. The fourth-order valence-corrected chi connectivity index (χ4v) is 1.28. The lowest BCUT2D eigenvalue weighted by Crippen LogP contribution is -2.04. The Kier molecular flexibility index (Phi) is 0.958. The largest absolute Gasteiger partial charge is 0.302 e.